The van der Waals surface area contributed by atoms with Gasteiger partial charge >= 0.3 is 5.69 Å². The van der Waals surface area contributed by atoms with Gasteiger partial charge in [-0.25, -0.2) is 28.1 Å². The van der Waals surface area contributed by atoms with Crippen LogP contribution in [0.15, 0.2) is 33.1 Å². The van der Waals surface area contributed by atoms with Gasteiger partial charge in [0.15, 0.2) is 22.4 Å². The predicted octanol–water partition coefficient (Wildman–Crippen LogP) is 1.86. The molecule has 0 saturated heterocycles. The second kappa shape index (κ2) is 5.90. The van der Waals surface area contributed by atoms with E-state index >= 15 is 0 Å². The lowest BCUT2D eigenvalue weighted by molar-refractivity contribution is 0.556. The molecular weight excluding hydrogens is 364 g/mol. The van der Waals surface area contributed by atoms with Gasteiger partial charge in [0, 0.05) is 12.2 Å². The fraction of sp³-hybridized carbons (Fsp3) is 0.250. The van der Waals surface area contributed by atoms with Crippen molar-refractivity contribution in [2.45, 2.75) is 24.0 Å². The second-order valence-electron chi connectivity index (χ2n) is 5.92. The first-order chi connectivity index (χ1) is 12.4. The monoisotopic (exact) mass is 377 g/mol. The average Bonchev–Trinajstić information content (AvgIpc) is 3.45. The summed E-state index contributed by atoms with van der Waals surface area (Å²) in [6.45, 7) is 0. The van der Waals surface area contributed by atoms with Crippen LogP contribution in [0.4, 0.5) is 14.5 Å². The smallest absolute Gasteiger partial charge is 0.337 e. The highest BCUT2D eigenvalue weighted by Crippen LogP contribution is 2.35. The van der Waals surface area contributed by atoms with Gasteiger partial charge in [-0.15, -0.1) is 0 Å². The number of nitrogen functional groups attached to an aromatic ring is 1. The summed E-state index contributed by atoms with van der Waals surface area (Å²) in [7, 11) is 0. The maximum atomic E-state index is 14.5. The van der Waals surface area contributed by atoms with Crippen LogP contribution in [0.1, 0.15) is 18.9 Å². The summed E-state index contributed by atoms with van der Waals surface area (Å²) < 4.78 is 30.6. The summed E-state index contributed by atoms with van der Waals surface area (Å²) in [5.74, 6) is -2.22. The van der Waals surface area contributed by atoms with Crippen LogP contribution in [0.3, 0.4) is 0 Å². The fourth-order valence-corrected chi connectivity index (χ4v) is 3.15. The third-order valence-corrected chi connectivity index (χ3v) is 4.78. The largest absolute Gasteiger partial charge is 0.396 e. The standard InChI is InChI=1S/C16H13F2N5O2S/c1-26-15-20-6-8-13(21-15)22(7-2-3-7)16(25)23(14(8)24)12-9(17)4-5-10(19)11(12)18/h4-7H,2-3,19H2,1H3. The Kier molecular flexibility index (Phi) is 3.79. The van der Waals surface area contributed by atoms with Crippen molar-refractivity contribution in [3.05, 3.63) is 50.8 Å². The summed E-state index contributed by atoms with van der Waals surface area (Å²) in [6.07, 6.45) is 4.47. The molecular formula is C16H13F2N5O2S. The van der Waals surface area contributed by atoms with E-state index in [2.05, 4.69) is 9.97 Å². The van der Waals surface area contributed by atoms with Gasteiger partial charge in [0.2, 0.25) is 0 Å². The molecule has 2 aromatic heterocycles. The van der Waals surface area contributed by atoms with Crippen LogP contribution in [-0.2, 0) is 0 Å². The highest BCUT2D eigenvalue weighted by atomic mass is 32.2. The van der Waals surface area contributed by atoms with Gasteiger partial charge in [-0.3, -0.25) is 9.36 Å². The van der Waals surface area contributed by atoms with Gasteiger partial charge in [-0.2, -0.15) is 0 Å². The maximum absolute atomic E-state index is 14.5. The molecule has 0 atom stereocenters. The zero-order valence-corrected chi connectivity index (χ0v) is 14.4. The Morgan fingerprint density at radius 3 is 2.65 bits per heavy atom. The molecule has 3 aromatic rings. The zero-order valence-electron chi connectivity index (χ0n) is 13.6. The lowest BCUT2D eigenvalue weighted by Gasteiger charge is -2.14. The molecule has 0 spiro atoms. The van der Waals surface area contributed by atoms with E-state index in [9.17, 15) is 18.4 Å². The minimum atomic E-state index is -1.16. The number of hydrogen-bond acceptors (Lipinski definition) is 6. The van der Waals surface area contributed by atoms with Crippen LogP contribution >= 0.6 is 11.8 Å². The average molecular weight is 377 g/mol. The number of thioether (sulfide) groups is 1. The van der Waals surface area contributed by atoms with Crippen molar-refractivity contribution in [1.29, 1.82) is 0 Å². The van der Waals surface area contributed by atoms with Crippen molar-refractivity contribution >= 4 is 28.5 Å². The molecule has 1 aromatic carbocycles. The molecule has 134 valence electrons. The predicted molar refractivity (Wildman–Crippen MR) is 93.8 cm³/mol. The fourth-order valence-electron chi connectivity index (χ4n) is 2.82. The van der Waals surface area contributed by atoms with E-state index in [1.54, 1.807) is 6.26 Å². The second-order valence-corrected chi connectivity index (χ2v) is 6.69. The summed E-state index contributed by atoms with van der Waals surface area (Å²) in [5.41, 5.74) is 2.78. The molecule has 7 nitrogen and oxygen atoms in total. The zero-order chi connectivity index (χ0) is 18.6. The van der Waals surface area contributed by atoms with Gasteiger partial charge in [0.05, 0.1) is 5.69 Å². The van der Waals surface area contributed by atoms with Crippen molar-refractivity contribution in [3.63, 3.8) is 0 Å². The van der Waals surface area contributed by atoms with Crippen molar-refractivity contribution < 1.29 is 8.78 Å². The van der Waals surface area contributed by atoms with E-state index in [1.165, 1.54) is 22.5 Å². The van der Waals surface area contributed by atoms with Crippen molar-refractivity contribution in [3.8, 4) is 5.69 Å². The molecule has 0 amide bonds. The van der Waals surface area contributed by atoms with Crippen LogP contribution in [0, 0.1) is 11.6 Å². The molecule has 1 aliphatic rings. The van der Waals surface area contributed by atoms with Gasteiger partial charge in [-0.1, -0.05) is 11.8 Å². The van der Waals surface area contributed by atoms with Gasteiger partial charge < -0.3 is 5.73 Å². The lowest BCUT2D eigenvalue weighted by atomic mass is 10.2. The first-order valence-corrected chi connectivity index (χ1v) is 8.98. The molecule has 1 aliphatic carbocycles. The summed E-state index contributed by atoms with van der Waals surface area (Å²) in [5, 5.41) is 0.403. The minimum Gasteiger partial charge on any atom is -0.396 e. The lowest BCUT2D eigenvalue weighted by Crippen LogP contribution is -2.40. The third-order valence-electron chi connectivity index (χ3n) is 4.22. The van der Waals surface area contributed by atoms with E-state index in [4.69, 9.17) is 5.73 Å². The number of nitrogens with two attached hydrogens (primary N) is 1. The molecule has 0 unspecified atom stereocenters. The Morgan fingerprint density at radius 2 is 2.00 bits per heavy atom. The van der Waals surface area contributed by atoms with Gasteiger partial charge in [0.25, 0.3) is 5.56 Å². The number of benzene rings is 1. The molecule has 26 heavy (non-hydrogen) atoms. The third kappa shape index (κ3) is 2.40. The Morgan fingerprint density at radius 1 is 1.27 bits per heavy atom. The molecule has 2 N–H and O–H groups in total. The normalized spacial score (nSPS) is 14.1. The van der Waals surface area contributed by atoms with Crippen LogP contribution in [0.2, 0.25) is 0 Å². The van der Waals surface area contributed by atoms with Crippen LogP contribution in [-0.4, -0.2) is 25.4 Å². The number of rotatable bonds is 3. The first kappa shape index (κ1) is 16.7. The number of nitrogens with zero attached hydrogens (tertiary/aromatic N) is 4. The Bertz CT molecular complexity index is 1170. The Balaban J connectivity index is 2.18. The van der Waals surface area contributed by atoms with Gasteiger partial charge in [0.1, 0.15) is 11.1 Å². The number of aromatic nitrogens is 4. The molecule has 0 aliphatic heterocycles. The van der Waals surface area contributed by atoms with Crippen molar-refractivity contribution in [2.24, 2.45) is 0 Å². The number of halogens is 2. The summed E-state index contributed by atoms with van der Waals surface area (Å²) in [4.78, 5) is 34.1. The molecule has 10 heteroatoms. The molecule has 1 saturated carbocycles. The van der Waals surface area contributed by atoms with Crippen molar-refractivity contribution in [2.75, 3.05) is 12.0 Å². The number of fused-ring (bicyclic) bond motifs is 1. The van der Waals surface area contributed by atoms with E-state index < -0.39 is 28.6 Å². The molecule has 2 heterocycles. The topological polar surface area (TPSA) is 95.8 Å². The Labute approximate surface area is 149 Å². The number of hydrogen-bond donors (Lipinski definition) is 1. The summed E-state index contributed by atoms with van der Waals surface area (Å²) in [6, 6.07) is 1.78. The highest BCUT2D eigenvalue weighted by molar-refractivity contribution is 7.98. The molecule has 0 bridgehead atoms. The van der Waals surface area contributed by atoms with Crippen LogP contribution in [0.25, 0.3) is 16.7 Å². The Hall–Kier alpha value is -2.75. The summed E-state index contributed by atoms with van der Waals surface area (Å²) >= 11 is 1.26. The van der Waals surface area contributed by atoms with E-state index in [0.717, 1.165) is 12.1 Å². The quantitative estimate of drug-likeness (QED) is 0.425. The van der Waals surface area contributed by atoms with E-state index in [0.29, 0.717) is 22.6 Å². The highest BCUT2D eigenvalue weighted by Gasteiger charge is 2.31. The van der Waals surface area contributed by atoms with E-state index in [-0.39, 0.29) is 22.8 Å². The van der Waals surface area contributed by atoms with Gasteiger partial charge in [-0.05, 0) is 31.2 Å². The minimum absolute atomic E-state index is 0.00974. The SMILES string of the molecule is CSc1ncc2c(=O)n(-c3c(F)ccc(N)c3F)c(=O)n(C3CC3)c2n1. The van der Waals surface area contributed by atoms with Crippen molar-refractivity contribution in [1.82, 2.24) is 19.1 Å². The van der Waals surface area contributed by atoms with Crippen LogP contribution < -0.4 is 17.0 Å². The first-order valence-electron chi connectivity index (χ1n) is 7.76. The molecule has 1 fully saturated rings. The maximum Gasteiger partial charge on any atom is 0.337 e. The molecule has 4 rings (SSSR count). The molecule has 0 radical (unpaired) electrons. The number of anilines is 1. The van der Waals surface area contributed by atoms with E-state index in [1.807, 2.05) is 0 Å². The van der Waals surface area contributed by atoms with Crippen LogP contribution in [0.5, 0.6) is 0 Å².